The monoisotopic (exact) mass is 477 g/mol. The predicted octanol–water partition coefficient (Wildman–Crippen LogP) is 2.43. The molecule has 0 N–H and O–H groups in total. The third-order valence-corrected chi connectivity index (χ3v) is 7.12. The van der Waals surface area contributed by atoms with Crippen LogP contribution in [0.15, 0.2) is 53.4 Å². The van der Waals surface area contributed by atoms with E-state index in [9.17, 15) is 23.3 Å². The topological polar surface area (TPSA) is 119 Å². The third kappa shape index (κ3) is 6.06. The minimum absolute atomic E-state index is 0.114. The zero-order valence-corrected chi connectivity index (χ0v) is 19.4. The molecule has 1 fully saturated rings. The average Bonchev–Trinajstić information content (AvgIpc) is 2.81. The van der Waals surface area contributed by atoms with Crippen molar-refractivity contribution in [1.29, 1.82) is 0 Å². The number of nitro benzene ring substituents is 1. The number of rotatable bonds is 9. The summed E-state index contributed by atoms with van der Waals surface area (Å²) >= 11 is 0. The summed E-state index contributed by atoms with van der Waals surface area (Å²) < 4.78 is 37.5. The number of hydrogen-bond donors (Lipinski definition) is 0. The van der Waals surface area contributed by atoms with E-state index in [2.05, 4.69) is 0 Å². The van der Waals surface area contributed by atoms with Crippen LogP contribution in [0, 0.1) is 10.1 Å². The van der Waals surface area contributed by atoms with E-state index in [-0.39, 0.29) is 48.9 Å². The molecule has 33 heavy (non-hydrogen) atoms. The second-order valence-electron chi connectivity index (χ2n) is 7.79. The Morgan fingerprint density at radius 3 is 2.45 bits per heavy atom. The Kier molecular flexibility index (Phi) is 8.01. The lowest BCUT2D eigenvalue weighted by molar-refractivity contribution is -0.386. The van der Waals surface area contributed by atoms with Crippen molar-refractivity contribution in [1.82, 2.24) is 9.21 Å². The zero-order chi connectivity index (χ0) is 24.0. The fraction of sp³-hybridized carbons (Fsp3) is 0.409. The zero-order valence-electron chi connectivity index (χ0n) is 18.5. The summed E-state index contributed by atoms with van der Waals surface area (Å²) in [5.41, 5.74) is 0.430. The Balaban J connectivity index is 1.76. The highest BCUT2D eigenvalue weighted by molar-refractivity contribution is 7.89. The Labute approximate surface area is 192 Å². The van der Waals surface area contributed by atoms with E-state index in [4.69, 9.17) is 9.47 Å². The van der Waals surface area contributed by atoms with E-state index in [0.29, 0.717) is 6.54 Å². The highest BCUT2D eigenvalue weighted by atomic mass is 32.2. The average molecular weight is 478 g/mol. The Morgan fingerprint density at radius 1 is 1.18 bits per heavy atom. The summed E-state index contributed by atoms with van der Waals surface area (Å²) in [7, 11) is -3.91. The fourth-order valence-corrected chi connectivity index (χ4v) is 4.85. The van der Waals surface area contributed by atoms with Crippen molar-refractivity contribution in [2.24, 2.45) is 0 Å². The molecule has 0 bridgehead atoms. The number of morpholine rings is 1. The van der Waals surface area contributed by atoms with Crippen LogP contribution in [0.3, 0.4) is 0 Å². The first-order chi connectivity index (χ1) is 15.7. The number of nitro groups is 1. The largest absolute Gasteiger partial charge is 0.477 e. The molecule has 1 aliphatic rings. The lowest BCUT2D eigenvalue weighted by Crippen LogP contribution is -2.40. The van der Waals surface area contributed by atoms with Crippen LogP contribution in [0.1, 0.15) is 19.4 Å². The first-order valence-electron chi connectivity index (χ1n) is 10.5. The van der Waals surface area contributed by atoms with Gasteiger partial charge in [0.25, 0.3) is 5.91 Å². The number of hydrogen-bond acceptors (Lipinski definition) is 7. The quantitative estimate of drug-likeness (QED) is 0.402. The molecule has 0 radical (unpaired) electrons. The Hall–Kier alpha value is -3.02. The summed E-state index contributed by atoms with van der Waals surface area (Å²) in [5.74, 6) is -0.508. The summed E-state index contributed by atoms with van der Waals surface area (Å²) in [6.45, 7) is 4.58. The normalized spacial score (nSPS) is 14.8. The smallest absolute Gasteiger partial charge is 0.312 e. The van der Waals surface area contributed by atoms with Crippen molar-refractivity contribution in [3.05, 3.63) is 64.2 Å². The SMILES string of the molecule is CC(C)N(Cc1ccccc1)C(=O)COc1ccc(S(=O)(=O)N2CCOCC2)cc1[N+](=O)[O-]. The van der Waals surface area contributed by atoms with Gasteiger partial charge in [-0.05, 0) is 31.5 Å². The minimum Gasteiger partial charge on any atom is -0.477 e. The third-order valence-electron chi connectivity index (χ3n) is 5.23. The molecule has 1 heterocycles. The highest BCUT2D eigenvalue weighted by Crippen LogP contribution is 2.31. The van der Waals surface area contributed by atoms with E-state index in [1.807, 2.05) is 44.2 Å². The van der Waals surface area contributed by atoms with Crippen molar-refractivity contribution in [3.8, 4) is 5.75 Å². The van der Waals surface area contributed by atoms with Crippen molar-refractivity contribution < 1.29 is 27.6 Å². The first-order valence-corrected chi connectivity index (χ1v) is 12.0. The number of nitrogens with zero attached hydrogens (tertiary/aromatic N) is 3. The molecule has 1 aliphatic heterocycles. The van der Waals surface area contributed by atoms with Gasteiger partial charge in [-0.1, -0.05) is 30.3 Å². The molecule has 2 aromatic rings. The van der Waals surface area contributed by atoms with Crippen molar-refractivity contribution >= 4 is 21.6 Å². The minimum atomic E-state index is -3.91. The van der Waals surface area contributed by atoms with Gasteiger partial charge in [-0.2, -0.15) is 4.31 Å². The molecule has 10 nitrogen and oxygen atoms in total. The van der Waals surface area contributed by atoms with Gasteiger partial charge in [0.2, 0.25) is 10.0 Å². The Bertz CT molecular complexity index is 1080. The summed E-state index contributed by atoms with van der Waals surface area (Å²) in [6, 6.07) is 12.8. The van der Waals surface area contributed by atoms with Gasteiger partial charge < -0.3 is 14.4 Å². The summed E-state index contributed by atoms with van der Waals surface area (Å²) in [4.78, 5) is 25.1. The molecular weight excluding hydrogens is 450 g/mol. The van der Waals surface area contributed by atoms with Crippen LogP contribution in [-0.4, -0.2) is 67.4 Å². The van der Waals surface area contributed by atoms with Crippen LogP contribution in [-0.2, 0) is 26.1 Å². The van der Waals surface area contributed by atoms with Crippen molar-refractivity contribution in [2.75, 3.05) is 32.9 Å². The summed E-state index contributed by atoms with van der Waals surface area (Å²) in [5, 5.41) is 11.6. The van der Waals surface area contributed by atoms with Crippen LogP contribution >= 0.6 is 0 Å². The number of sulfonamides is 1. The molecule has 2 aromatic carbocycles. The molecule has 1 saturated heterocycles. The van der Waals surface area contributed by atoms with Crippen molar-refractivity contribution in [2.45, 2.75) is 31.3 Å². The van der Waals surface area contributed by atoms with E-state index < -0.39 is 27.2 Å². The highest BCUT2D eigenvalue weighted by Gasteiger charge is 2.29. The molecule has 1 amide bonds. The molecule has 178 valence electrons. The second-order valence-corrected chi connectivity index (χ2v) is 9.73. The van der Waals surface area contributed by atoms with Crippen molar-refractivity contribution in [3.63, 3.8) is 0 Å². The van der Waals surface area contributed by atoms with Gasteiger partial charge in [0.15, 0.2) is 12.4 Å². The molecular formula is C22H27N3O7S. The molecule has 0 unspecified atom stereocenters. The van der Waals surface area contributed by atoms with Gasteiger partial charge in [0.1, 0.15) is 0 Å². The van der Waals surface area contributed by atoms with Gasteiger partial charge in [0, 0.05) is 31.7 Å². The van der Waals surface area contributed by atoms with E-state index in [0.717, 1.165) is 11.6 Å². The molecule has 3 rings (SSSR count). The maximum Gasteiger partial charge on any atom is 0.312 e. The van der Waals surface area contributed by atoms with Crippen LogP contribution in [0.2, 0.25) is 0 Å². The number of amides is 1. The van der Waals surface area contributed by atoms with Gasteiger partial charge in [-0.15, -0.1) is 0 Å². The van der Waals surface area contributed by atoms with Crippen LogP contribution < -0.4 is 4.74 Å². The standard InChI is InChI=1S/C22H27N3O7S/c1-17(2)24(15-18-6-4-3-5-7-18)22(26)16-32-21-9-8-19(14-20(21)25(27)28)33(29,30)23-10-12-31-13-11-23/h3-9,14,17H,10-13,15-16H2,1-2H3. The maximum atomic E-state index is 12.8. The number of ether oxygens (including phenoxy) is 2. The lowest BCUT2D eigenvalue weighted by atomic mass is 10.2. The number of carbonyl (C=O) groups excluding carboxylic acids is 1. The van der Waals surface area contributed by atoms with Gasteiger partial charge in [-0.25, -0.2) is 8.42 Å². The van der Waals surface area contributed by atoms with Crippen LogP contribution in [0.25, 0.3) is 0 Å². The fourth-order valence-electron chi connectivity index (χ4n) is 3.42. The van der Waals surface area contributed by atoms with Crippen LogP contribution in [0.4, 0.5) is 5.69 Å². The Morgan fingerprint density at radius 2 is 1.85 bits per heavy atom. The van der Waals surface area contributed by atoms with E-state index in [1.54, 1.807) is 4.90 Å². The first kappa shape index (κ1) is 24.6. The molecule has 0 aliphatic carbocycles. The summed E-state index contributed by atoms with van der Waals surface area (Å²) in [6.07, 6.45) is 0. The lowest BCUT2D eigenvalue weighted by Gasteiger charge is -2.27. The van der Waals surface area contributed by atoms with Gasteiger partial charge >= 0.3 is 5.69 Å². The van der Waals surface area contributed by atoms with Gasteiger partial charge in [-0.3, -0.25) is 14.9 Å². The molecule has 0 aromatic heterocycles. The van der Waals surface area contributed by atoms with E-state index in [1.165, 1.54) is 16.4 Å². The molecule has 0 spiro atoms. The molecule has 11 heteroatoms. The maximum absolute atomic E-state index is 12.8. The van der Waals surface area contributed by atoms with Gasteiger partial charge in [0.05, 0.1) is 23.0 Å². The molecule has 0 saturated carbocycles. The van der Waals surface area contributed by atoms with E-state index >= 15 is 0 Å². The number of benzene rings is 2. The predicted molar refractivity (Wildman–Crippen MR) is 120 cm³/mol. The second kappa shape index (κ2) is 10.7. The van der Waals surface area contributed by atoms with Crippen LogP contribution in [0.5, 0.6) is 5.75 Å². The molecule has 0 atom stereocenters. The number of carbonyl (C=O) groups is 1.